The minimum absolute atomic E-state index is 0.156. The van der Waals surface area contributed by atoms with E-state index in [0.29, 0.717) is 18.9 Å². The van der Waals surface area contributed by atoms with Crippen LogP contribution in [0, 0.1) is 0 Å². The molecule has 1 aliphatic heterocycles. The van der Waals surface area contributed by atoms with Crippen LogP contribution >= 0.6 is 0 Å². The van der Waals surface area contributed by atoms with Gasteiger partial charge < -0.3 is 14.8 Å². The molecule has 0 bridgehead atoms. The highest BCUT2D eigenvalue weighted by molar-refractivity contribution is 7.89. The second kappa shape index (κ2) is 8.94. The van der Waals surface area contributed by atoms with Gasteiger partial charge in [0.2, 0.25) is 15.9 Å². The quantitative estimate of drug-likeness (QED) is 0.721. The van der Waals surface area contributed by atoms with Gasteiger partial charge in [0.15, 0.2) is 0 Å². The lowest BCUT2D eigenvalue weighted by molar-refractivity contribution is -0.114. The summed E-state index contributed by atoms with van der Waals surface area (Å²) in [5.41, 5.74) is 1.27. The van der Waals surface area contributed by atoms with Crippen LogP contribution in [0.3, 0.4) is 0 Å². The van der Waals surface area contributed by atoms with Crippen molar-refractivity contribution in [1.82, 2.24) is 4.72 Å². The first-order valence-corrected chi connectivity index (χ1v) is 10.9. The summed E-state index contributed by atoms with van der Waals surface area (Å²) in [5.74, 6) is 0.551. The Morgan fingerprint density at radius 2 is 1.69 bits per heavy atom. The number of rotatable bonds is 7. The Kier molecular flexibility index (Phi) is 6.56. The molecule has 0 unspecified atom stereocenters. The van der Waals surface area contributed by atoms with Crippen molar-refractivity contribution < 1.29 is 22.7 Å². The minimum atomic E-state index is -3.69. The molecule has 7 nitrogen and oxygen atoms in total. The number of sulfonamides is 1. The van der Waals surface area contributed by atoms with Crippen LogP contribution in [0.2, 0.25) is 0 Å². The monoisotopic (exact) mass is 418 g/mol. The number of carbonyl (C=O) groups excluding carboxylic acids is 1. The zero-order chi connectivity index (χ0) is 20.9. The van der Waals surface area contributed by atoms with Crippen LogP contribution in [0.5, 0.6) is 5.75 Å². The van der Waals surface area contributed by atoms with E-state index in [4.69, 9.17) is 9.47 Å². The molecular weight excluding hydrogens is 392 g/mol. The second-order valence-corrected chi connectivity index (χ2v) is 8.92. The molecule has 0 aromatic heterocycles. The molecule has 1 saturated heterocycles. The molecule has 0 saturated carbocycles. The Morgan fingerprint density at radius 1 is 1.07 bits per heavy atom. The molecule has 1 amide bonds. The maximum absolute atomic E-state index is 12.8. The summed E-state index contributed by atoms with van der Waals surface area (Å²) in [5, 5.41) is 2.63. The SMILES string of the molecule is COc1ccc(C2(CNS(=O)(=O)c3ccc(NC(C)=O)cc3)CCOCC2)cc1. The maximum Gasteiger partial charge on any atom is 0.240 e. The van der Waals surface area contributed by atoms with Crippen LogP contribution in [0.1, 0.15) is 25.3 Å². The summed E-state index contributed by atoms with van der Waals surface area (Å²) in [4.78, 5) is 11.3. The van der Waals surface area contributed by atoms with E-state index in [1.807, 2.05) is 24.3 Å². The highest BCUT2D eigenvalue weighted by Gasteiger charge is 2.35. The van der Waals surface area contributed by atoms with Gasteiger partial charge in [0.05, 0.1) is 12.0 Å². The molecule has 2 aromatic carbocycles. The number of ether oxygens (including phenoxy) is 2. The van der Waals surface area contributed by atoms with Crippen LogP contribution < -0.4 is 14.8 Å². The minimum Gasteiger partial charge on any atom is -0.497 e. The first kappa shape index (κ1) is 21.3. The standard InChI is InChI=1S/C21H26N2O5S/c1-16(24)23-18-5-9-20(10-6-18)29(25,26)22-15-21(11-13-28-14-12-21)17-3-7-19(27-2)8-4-17/h3-10,22H,11-15H2,1-2H3,(H,23,24). The molecule has 3 rings (SSSR count). The first-order chi connectivity index (χ1) is 13.8. The van der Waals surface area contributed by atoms with Gasteiger partial charge in [0.25, 0.3) is 0 Å². The summed E-state index contributed by atoms with van der Waals surface area (Å²) in [6.45, 7) is 2.84. The van der Waals surface area contributed by atoms with Gasteiger partial charge in [-0.25, -0.2) is 13.1 Å². The first-order valence-electron chi connectivity index (χ1n) is 9.44. The van der Waals surface area contributed by atoms with Gasteiger partial charge in [0.1, 0.15) is 5.75 Å². The van der Waals surface area contributed by atoms with E-state index < -0.39 is 10.0 Å². The zero-order valence-corrected chi connectivity index (χ0v) is 17.4. The molecule has 2 aromatic rings. The number of hydrogen-bond acceptors (Lipinski definition) is 5. The normalized spacial score (nSPS) is 16.2. The van der Waals surface area contributed by atoms with E-state index in [2.05, 4.69) is 10.0 Å². The summed E-state index contributed by atoms with van der Waals surface area (Å²) in [7, 11) is -2.08. The van der Waals surface area contributed by atoms with Crippen LogP contribution in [-0.2, 0) is 25.0 Å². The van der Waals surface area contributed by atoms with Crippen molar-refractivity contribution in [3.05, 3.63) is 54.1 Å². The highest BCUT2D eigenvalue weighted by Crippen LogP contribution is 2.35. The van der Waals surface area contributed by atoms with E-state index in [0.717, 1.165) is 24.2 Å². The number of hydrogen-bond donors (Lipinski definition) is 2. The molecule has 1 fully saturated rings. The number of anilines is 1. The Bertz CT molecular complexity index is 934. The molecule has 0 spiro atoms. The number of methoxy groups -OCH3 is 1. The maximum atomic E-state index is 12.8. The third-order valence-corrected chi connectivity index (χ3v) is 6.66. The van der Waals surface area contributed by atoms with Crippen molar-refractivity contribution in [1.29, 1.82) is 0 Å². The van der Waals surface area contributed by atoms with Gasteiger partial charge in [0, 0.05) is 37.8 Å². The fraction of sp³-hybridized carbons (Fsp3) is 0.381. The number of carbonyl (C=O) groups is 1. The zero-order valence-electron chi connectivity index (χ0n) is 16.6. The third kappa shape index (κ3) is 5.14. The highest BCUT2D eigenvalue weighted by atomic mass is 32.2. The average molecular weight is 419 g/mol. The lowest BCUT2D eigenvalue weighted by atomic mass is 9.74. The molecule has 1 aliphatic rings. The lowest BCUT2D eigenvalue weighted by Gasteiger charge is -2.38. The summed E-state index contributed by atoms with van der Waals surface area (Å²) in [6.07, 6.45) is 1.45. The molecule has 2 N–H and O–H groups in total. The smallest absolute Gasteiger partial charge is 0.240 e. The van der Waals surface area contributed by atoms with E-state index in [-0.39, 0.29) is 22.8 Å². The summed E-state index contributed by atoms with van der Waals surface area (Å²) >= 11 is 0. The van der Waals surface area contributed by atoms with E-state index in [9.17, 15) is 13.2 Å². The van der Waals surface area contributed by atoms with Crippen LogP contribution in [0.15, 0.2) is 53.4 Å². The topological polar surface area (TPSA) is 93.7 Å². The van der Waals surface area contributed by atoms with Gasteiger partial charge in [-0.2, -0.15) is 0 Å². The van der Waals surface area contributed by atoms with Gasteiger partial charge >= 0.3 is 0 Å². The predicted octanol–water partition coefficient (Wildman–Crippen LogP) is 2.68. The van der Waals surface area contributed by atoms with E-state index >= 15 is 0 Å². The fourth-order valence-corrected chi connectivity index (χ4v) is 4.64. The molecule has 0 radical (unpaired) electrons. The fourth-order valence-electron chi connectivity index (χ4n) is 3.51. The average Bonchev–Trinajstić information content (AvgIpc) is 2.73. The van der Waals surface area contributed by atoms with Gasteiger partial charge in [-0.3, -0.25) is 4.79 Å². The van der Waals surface area contributed by atoms with E-state index in [1.54, 1.807) is 19.2 Å². The van der Waals surface area contributed by atoms with Crippen LogP contribution in [0.25, 0.3) is 0 Å². The van der Waals surface area contributed by atoms with Gasteiger partial charge in [-0.05, 0) is 54.8 Å². The molecule has 8 heteroatoms. The predicted molar refractivity (Wildman–Crippen MR) is 111 cm³/mol. The molecular formula is C21H26N2O5S. The number of benzene rings is 2. The van der Waals surface area contributed by atoms with Gasteiger partial charge in [-0.15, -0.1) is 0 Å². The molecule has 0 aliphatic carbocycles. The third-order valence-electron chi connectivity index (χ3n) is 5.24. The largest absolute Gasteiger partial charge is 0.497 e. The molecule has 1 heterocycles. The Labute approximate surface area is 171 Å². The molecule has 0 atom stereocenters. The van der Waals surface area contributed by atoms with Crippen LogP contribution in [0.4, 0.5) is 5.69 Å². The van der Waals surface area contributed by atoms with Crippen LogP contribution in [-0.4, -0.2) is 41.2 Å². The van der Waals surface area contributed by atoms with Crippen molar-refractivity contribution in [3.63, 3.8) is 0 Å². The Hall–Kier alpha value is -2.42. The number of amides is 1. The summed E-state index contributed by atoms with van der Waals surface area (Å²) in [6, 6.07) is 13.9. The Morgan fingerprint density at radius 3 is 2.24 bits per heavy atom. The van der Waals surface area contributed by atoms with Crippen molar-refractivity contribution in [3.8, 4) is 5.75 Å². The Balaban J connectivity index is 1.78. The van der Waals surface area contributed by atoms with E-state index in [1.165, 1.54) is 19.1 Å². The van der Waals surface area contributed by atoms with Crippen molar-refractivity contribution in [2.45, 2.75) is 30.1 Å². The molecule has 156 valence electrons. The number of nitrogens with one attached hydrogen (secondary N) is 2. The van der Waals surface area contributed by atoms with Crippen molar-refractivity contribution >= 4 is 21.6 Å². The van der Waals surface area contributed by atoms with Crippen molar-refractivity contribution in [2.24, 2.45) is 0 Å². The second-order valence-electron chi connectivity index (χ2n) is 7.15. The molecule has 29 heavy (non-hydrogen) atoms. The van der Waals surface area contributed by atoms with Crippen molar-refractivity contribution in [2.75, 3.05) is 32.2 Å². The lowest BCUT2D eigenvalue weighted by Crippen LogP contribution is -2.44. The summed E-state index contributed by atoms with van der Waals surface area (Å²) < 4.78 is 39.2. The van der Waals surface area contributed by atoms with Gasteiger partial charge in [-0.1, -0.05) is 12.1 Å².